The van der Waals surface area contributed by atoms with E-state index >= 15 is 0 Å². The van der Waals surface area contributed by atoms with Gasteiger partial charge in [-0.1, -0.05) is 62.0 Å². The van der Waals surface area contributed by atoms with Crippen LogP contribution in [-0.2, 0) is 9.59 Å². The Kier molecular flexibility index (Phi) is 7.19. The van der Waals surface area contributed by atoms with Crippen molar-refractivity contribution in [3.8, 4) is 11.3 Å². The predicted molar refractivity (Wildman–Crippen MR) is 122 cm³/mol. The van der Waals surface area contributed by atoms with Crippen LogP contribution in [0.4, 0.5) is 11.4 Å². The first kappa shape index (κ1) is 22.2. The summed E-state index contributed by atoms with van der Waals surface area (Å²) in [5.41, 5.74) is 1.27. The van der Waals surface area contributed by atoms with Crippen molar-refractivity contribution < 1.29 is 9.59 Å². The van der Waals surface area contributed by atoms with Gasteiger partial charge in [-0.3, -0.25) is 19.4 Å². The molecule has 2 amide bonds. The maximum absolute atomic E-state index is 12.7. The number of hydrogen-bond donors (Lipinski definition) is 3. The van der Waals surface area contributed by atoms with Gasteiger partial charge in [0.1, 0.15) is 0 Å². The van der Waals surface area contributed by atoms with Gasteiger partial charge in [0, 0.05) is 17.2 Å². The third-order valence-electron chi connectivity index (χ3n) is 4.34. The van der Waals surface area contributed by atoms with Crippen LogP contribution in [0.3, 0.4) is 0 Å². The first-order valence-corrected chi connectivity index (χ1v) is 10.6. The highest BCUT2D eigenvalue weighted by molar-refractivity contribution is 8.00. The fourth-order valence-electron chi connectivity index (χ4n) is 2.61. The molecular weight excluding hydrogens is 414 g/mol. The number of aromatic amines is 1. The molecule has 0 spiro atoms. The highest BCUT2D eigenvalue weighted by atomic mass is 32.2. The number of thioether (sulfide) groups is 1. The normalized spacial score (nSPS) is 11.7. The first-order chi connectivity index (χ1) is 14.8. The summed E-state index contributed by atoms with van der Waals surface area (Å²) >= 11 is 1.10. The molecule has 0 aliphatic carbocycles. The van der Waals surface area contributed by atoms with E-state index in [2.05, 4.69) is 25.8 Å². The maximum Gasteiger partial charge on any atom is 0.278 e. The quantitative estimate of drug-likeness (QED) is 0.487. The molecule has 2 aromatic carbocycles. The minimum absolute atomic E-state index is 0.0883. The number of carbonyl (C=O) groups excluding carboxylic acids is 2. The molecule has 1 heterocycles. The average molecular weight is 438 g/mol. The summed E-state index contributed by atoms with van der Waals surface area (Å²) in [7, 11) is 0. The van der Waals surface area contributed by atoms with E-state index in [4.69, 9.17) is 0 Å². The van der Waals surface area contributed by atoms with Gasteiger partial charge in [0.2, 0.25) is 11.8 Å². The molecule has 31 heavy (non-hydrogen) atoms. The number of aromatic nitrogens is 3. The molecule has 3 rings (SSSR count). The number of para-hydroxylation sites is 2. The molecule has 1 atom stereocenters. The summed E-state index contributed by atoms with van der Waals surface area (Å²) in [6.45, 7) is 5.28. The van der Waals surface area contributed by atoms with Crippen LogP contribution in [0.15, 0.2) is 64.5 Å². The SMILES string of the molecule is CC(C)C(=O)Nc1ccccc1-c1nnc(S[C@H](C)C(=O)Nc2ccccc2)[nH]c1=O. The minimum atomic E-state index is -0.506. The van der Waals surface area contributed by atoms with E-state index in [1.165, 1.54) is 0 Å². The van der Waals surface area contributed by atoms with Gasteiger partial charge < -0.3 is 10.6 Å². The lowest BCUT2D eigenvalue weighted by Gasteiger charge is -2.13. The summed E-state index contributed by atoms with van der Waals surface area (Å²) in [5.74, 6) is -0.591. The summed E-state index contributed by atoms with van der Waals surface area (Å²) < 4.78 is 0. The zero-order valence-corrected chi connectivity index (χ0v) is 18.2. The van der Waals surface area contributed by atoms with E-state index in [0.717, 1.165) is 11.8 Å². The molecule has 9 heteroatoms. The van der Waals surface area contributed by atoms with E-state index in [-0.39, 0.29) is 28.6 Å². The highest BCUT2D eigenvalue weighted by Gasteiger charge is 2.19. The Hall–Kier alpha value is -3.46. The van der Waals surface area contributed by atoms with Crippen LogP contribution >= 0.6 is 11.8 Å². The molecule has 3 aromatic rings. The Morgan fingerprint density at radius 3 is 2.26 bits per heavy atom. The molecule has 0 bridgehead atoms. The summed E-state index contributed by atoms with van der Waals surface area (Å²) in [6.07, 6.45) is 0. The average Bonchev–Trinajstić information content (AvgIpc) is 2.75. The van der Waals surface area contributed by atoms with Gasteiger partial charge in [-0.05, 0) is 25.1 Å². The topological polar surface area (TPSA) is 117 Å². The molecule has 160 valence electrons. The Morgan fingerprint density at radius 1 is 0.903 bits per heavy atom. The smallest absolute Gasteiger partial charge is 0.278 e. The van der Waals surface area contributed by atoms with Crippen LogP contribution in [0.1, 0.15) is 20.8 Å². The minimum Gasteiger partial charge on any atom is -0.325 e. The van der Waals surface area contributed by atoms with Gasteiger partial charge in [-0.2, -0.15) is 0 Å². The van der Waals surface area contributed by atoms with Gasteiger partial charge in [0.25, 0.3) is 5.56 Å². The van der Waals surface area contributed by atoms with Gasteiger partial charge in [0.05, 0.1) is 10.9 Å². The number of benzene rings is 2. The fourth-order valence-corrected chi connectivity index (χ4v) is 3.35. The van der Waals surface area contributed by atoms with Gasteiger partial charge >= 0.3 is 0 Å². The highest BCUT2D eigenvalue weighted by Crippen LogP contribution is 2.25. The molecular formula is C22H23N5O3S. The summed E-state index contributed by atoms with van der Waals surface area (Å²) in [6, 6.07) is 16.0. The molecule has 0 aliphatic heterocycles. The number of H-pyrrole nitrogens is 1. The Bertz CT molecular complexity index is 1130. The molecule has 0 saturated carbocycles. The van der Waals surface area contributed by atoms with Crippen LogP contribution in [0.25, 0.3) is 11.3 Å². The molecule has 8 nitrogen and oxygen atoms in total. The first-order valence-electron chi connectivity index (χ1n) is 9.75. The van der Waals surface area contributed by atoms with Gasteiger partial charge in [-0.15, -0.1) is 10.2 Å². The van der Waals surface area contributed by atoms with Gasteiger partial charge in [-0.25, -0.2) is 0 Å². The zero-order valence-electron chi connectivity index (χ0n) is 17.4. The Labute approximate surface area is 183 Å². The van der Waals surface area contributed by atoms with Crippen molar-refractivity contribution >= 4 is 35.0 Å². The lowest BCUT2D eigenvalue weighted by molar-refractivity contribution is -0.119. The summed E-state index contributed by atoms with van der Waals surface area (Å²) in [4.78, 5) is 39.8. The lowest BCUT2D eigenvalue weighted by Crippen LogP contribution is -2.24. The number of rotatable bonds is 7. The second kappa shape index (κ2) is 10.0. The standard InChI is InChI=1S/C22H23N5O3S/c1-13(2)19(28)24-17-12-8-7-11-16(17)18-21(30)25-22(27-26-18)31-14(3)20(29)23-15-9-5-4-6-10-15/h4-14H,1-3H3,(H,23,29)(H,24,28)(H,25,27,30)/t14-/m1/s1. The van der Waals surface area contributed by atoms with Crippen molar-refractivity contribution in [1.82, 2.24) is 15.2 Å². The van der Waals surface area contributed by atoms with Crippen LogP contribution in [0, 0.1) is 5.92 Å². The maximum atomic E-state index is 12.7. The van der Waals surface area contributed by atoms with E-state index in [0.29, 0.717) is 16.9 Å². The number of nitrogens with zero attached hydrogens (tertiary/aromatic N) is 2. The molecule has 1 aromatic heterocycles. The number of nitrogens with one attached hydrogen (secondary N) is 3. The lowest BCUT2D eigenvalue weighted by atomic mass is 10.1. The second-order valence-corrected chi connectivity index (χ2v) is 8.44. The van der Waals surface area contributed by atoms with Crippen molar-refractivity contribution in [2.24, 2.45) is 5.92 Å². The molecule has 0 saturated heterocycles. The number of anilines is 2. The molecule has 0 fully saturated rings. The van der Waals surface area contributed by atoms with Crippen molar-refractivity contribution in [2.75, 3.05) is 10.6 Å². The Morgan fingerprint density at radius 2 is 1.58 bits per heavy atom. The molecule has 0 unspecified atom stereocenters. The summed E-state index contributed by atoms with van der Waals surface area (Å²) in [5, 5.41) is 13.5. The predicted octanol–water partition coefficient (Wildman–Crippen LogP) is 3.55. The number of carbonyl (C=O) groups is 2. The largest absolute Gasteiger partial charge is 0.325 e. The van der Waals surface area contributed by atoms with E-state index in [1.807, 2.05) is 18.2 Å². The Balaban J connectivity index is 1.76. The van der Waals surface area contributed by atoms with Crippen molar-refractivity contribution in [3.63, 3.8) is 0 Å². The van der Waals surface area contributed by atoms with Gasteiger partial charge in [0.15, 0.2) is 10.9 Å². The van der Waals surface area contributed by atoms with Crippen molar-refractivity contribution in [3.05, 3.63) is 65.0 Å². The van der Waals surface area contributed by atoms with E-state index < -0.39 is 10.8 Å². The number of hydrogen-bond acceptors (Lipinski definition) is 6. The third kappa shape index (κ3) is 5.79. The van der Waals surface area contributed by atoms with Crippen LogP contribution in [0.5, 0.6) is 0 Å². The monoisotopic (exact) mass is 437 g/mol. The van der Waals surface area contributed by atoms with Crippen LogP contribution in [0.2, 0.25) is 0 Å². The fraction of sp³-hybridized carbons (Fsp3) is 0.227. The third-order valence-corrected chi connectivity index (χ3v) is 5.31. The molecule has 3 N–H and O–H groups in total. The number of amides is 2. The van der Waals surface area contributed by atoms with E-state index in [9.17, 15) is 14.4 Å². The van der Waals surface area contributed by atoms with Crippen molar-refractivity contribution in [1.29, 1.82) is 0 Å². The zero-order chi connectivity index (χ0) is 22.4. The van der Waals surface area contributed by atoms with Crippen LogP contribution < -0.4 is 16.2 Å². The van der Waals surface area contributed by atoms with E-state index in [1.54, 1.807) is 57.2 Å². The van der Waals surface area contributed by atoms with Crippen molar-refractivity contribution in [2.45, 2.75) is 31.2 Å². The molecule has 0 aliphatic rings. The molecule has 0 radical (unpaired) electrons. The van der Waals surface area contributed by atoms with Crippen LogP contribution in [-0.4, -0.2) is 32.2 Å². The second-order valence-electron chi connectivity index (χ2n) is 7.11.